The van der Waals surface area contributed by atoms with Gasteiger partial charge in [0.15, 0.2) is 0 Å². The highest BCUT2D eigenvalue weighted by molar-refractivity contribution is 5.29. The van der Waals surface area contributed by atoms with Gasteiger partial charge in [0.2, 0.25) is 0 Å². The van der Waals surface area contributed by atoms with E-state index in [9.17, 15) is 13.2 Å². The molecule has 1 aliphatic heterocycles. The van der Waals surface area contributed by atoms with Gasteiger partial charge in [0, 0.05) is 31.7 Å². The lowest BCUT2D eigenvalue weighted by molar-refractivity contribution is -0.138. The molecule has 1 aliphatic rings. The zero-order valence-corrected chi connectivity index (χ0v) is 12.1. The van der Waals surface area contributed by atoms with Gasteiger partial charge in [0.25, 0.3) is 0 Å². The zero-order valence-electron chi connectivity index (χ0n) is 12.1. The Kier molecular flexibility index (Phi) is 4.39. The van der Waals surface area contributed by atoms with Crippen LogP contribution < -0.4 is 0 Å². The number of likely N-dealkylation sites (N-methyl/N-ethyl adjacent to an activating group) is 1. The zero-order chi connectivity index (χ0) is 14.9. The topological polar surface area (TPSA) is 6.48 Å². The van der Waals surface area contributed by atoms with Crippen LogP contribution in [-0.4, -0.2) is 42.0 Å². The minimum Gasteiger partial charge on any atom is -0.298 e. The van der Waals surface area contributed by atoms with Crippen LogP contribution in [0.5, 0.6) is 0 Å². The molecule has 1 aromatic carbocycles. The average Bonchev–Trinajstić information content (AvgIpc) is 2.35. The quantitative estimate of drug-likeness (QED) is 0.823. The number of hydrogen-bond acceptors (Lipinski definition) is 2. The molecular weight excluding hydrogens is 265 g/mol. The molecule has 112 valence electrons. The van der Waals surface area contributed by atoms with Gasteiger partial charge < -0.3 is 0 Å². The van der Waals surface area contributed by atoms with Crippen molar-refractivity contribution < 1.29 is 13.2 Å². The van der Waals surface area contributed by atoms with E-state index in [0.717, 1.165) is 19.2 Å². The highest BCUT2D eigenvalue weighted by Gasteiger charge is 2.34. The van der Waals surface area contributed by atoms with Gasteiger partial charge in [0.05, 0.1) is 5.56 Å². The second-order valence-corrected chi connectivity index (χ2v) is 5.71. The Balaban J connectivity index is 2.15. The second-order valence-electron chi connectivity index (χ2n) is 5.71. The first-order chi connectivity index (χ1) is 9.29. The van der Waals surface area contributed by atoms with Crippen LogP contribution in [-0.2, 0) is 12.7 Å². The summed E-state index contributed by atoms with van der Waals surface area (Å²) in [4.78, 5) is 4.38. The summed E-state index contributed by atoms with van der Waals surface area (Å²) < 4.78 is 39.0. The fraction of sp³-hybridized carbons (Fsp3) is 0.600. The summed E-state index contributed by atoms with van der Waals surface area (Å²) in [7, 11) is 2.07. The normalized spacial score (nSPS) is 25.9. The summed E-state index contributed by atoms with van der Waals surface area (Å²) in [6.45, 7) is 6.18. The smallest absolute Gasteiger partial charge is 0.298 e. The van der Waals surface area contributed by atoms with E-state index in [2.05, 4.69) is 30.7 Å². The van der Waals surface area contributed by atoms with Crippen molar-refractivity contribution in [3.8, 4) is 0 Å². The van der Waals surface area contributed by atoms with Crippen molar-refractivity contribution in [1.29, 1.82) is 0 Å². The summed E-state index contributed by atoms with van der Waals surface area (Å²) in [6, 6.07) is 6.58. The van der Waals surface area contributed by atoms with E-state index < -0.39 is 11.7 Å². The molecule has 1 fully saturated rings. The van der Waals surface area contributed by atoms with Crippen LogP contribution in [0.25, 0.3) is 0 Å². The maximum absolute atomic E-state index is 13.0. The Morgan fingerprint density at radius 1 is 1.10 bits per heavy atom. The van der Waals surface area contributed by atoms with E-state index in [1.807, 2.05) is 0 Å². The van der Waals surface area contributed by atoms with E-state index in [1.165, 1.54) is 6.07 Å². The van der Waals surface area contributed by atoms with Crippen molar-refractivity contribution in [3.63, 3.8) is 0 Å². The summed E-state index contributed by atoms with van der Waals surface area (Å²) in [5, 5.41) is 0. The fourth-order valence-corrected chi connectivity index (χ4v) is 2.82. The molecule has 2 atom stereocenters. The molecule has 0 radical (unpaired) electrons. The SMILES string of the molecule is CC1CN(Cc2ccccc2C(F)(F)F)CC(C)N1C. The fourth-order valence-electron chi connectivity index (χ4n) is 2.82. The molecule has 1 saturated heterocycles. The van der Waals surface area contributed by atoms with Crippen LogP contribution in [0.1, 0.15) is 25.0 Å². The number of hydrogen-bond donors (Lipinski definition) is 0. The Labute approximate surface area is 118 Å². The minimum atomic E-state index is -4.28. The van der Waals surface area contributed by atoms with Crippen LogP contribution in [0.3, 0.4) is 0 Å². The van der Waals surface area contributed by atoms with E-state index in [0.29, 0.717) is 24.2 Å². The molecular formula is C15H21F3N2. The average molecular weight is 286 g/mol. The summed E-state index contributed by atoms with van der Waals surface area (Å²) in [6.07, 6.45) is -4.28. The highest BCUT2D eigenvalue weighted by Crippen LogP contribution is 2.32. The standard InChI is InChI=1S/C15H21F3N2/c1-11-8-20(9-12(2)19(11)3)10-13-6-4-5-7-14(13)15(16,17)18/h4-7,11-12H,8-10H2,1-3H3. The highest BCUT2D eigenvalue weighted by atomic mass is 19.4. The van der Waals surface area contributed by atoms with Crippen molar-refractivity contribution in [1.82, 2.24) is 9.80 Å². The molecule has 5 heteroatoms. The van der Waals surface area contributed by atoms with Crippen LogP contribution in [0, 0.1) is 0 Å². The van der Waals surface area contributed by atoms with Gasteiger partial charge in [-0.3, -0.25) is 9.80 Å². The van der Waals surface area contributed by atoms with Crippen LogP contribution in [0.2, 0.25) is 0 Å². The second kappa shape index (κ2) is 5.74. The summed E-state index contributed by atoms with van der Waals surface area (Å²) in [5.74, 6) is 0. The molecule has 0 aromatic heterocycles. The van der Waals surface area contributed by atoms with Gasteiger partial charge in [-0.25, -0.2) is 0 Å². The Morgan fingerprint density at radius 3 is 2.20 bits per heavy atom. The maximum Gasteiger partial charge on any atom is 0.416 e. The van der Waals surface area contributed by atoms with E-state index in [-0.39, 0.29) is 0 Å². The van der Waals surface area contributed by atoms with Gasteiger partial charge in [-0.1, -0.05) is 18.2 Å². The van der Waals surface area contributed by atoms with Crippen LogP contribution in [0.4, 0.5) is 13.2 Å². The first-order valence-electron chi connectivity index (χ1n) is 6.88. The lowest BCUT2D eigenvalue weighted by Gasteiger charge is -2.42. The molecule has 2 nitrogen and oxygen atoms in total. The van der Waals surface area contributed by atoms with Gasteiger partial charge >= 0.3 is 6.18 Å². The molecule has 1 heterocycles. The van der Waals surface area contributed by atoms with Gasteiger partial charge in [-0.15, -0.1) is 0 Å². The third-order valence-corrected chi connectivity index (χ3v) is 4.15. The molecule has 0 spiro atoms. The Morgan fingerprint density at radius 2 is 1.65 bits per heavy atom. The third kappa shape index (κ3) is 3.33. The van der Waals surface area contributed by atoms with E-state index >= 15 is 0 Å². The van der Waals surface area contributed by atoms with Crippen molar-refractivity contribution in [2.75, 3.05) is 20.1 Å². The molecule has 0 saturated carbocycles. The first kappa shape index (κ1) is 15.3. The van der Waals surface area contributed by atoms with E-state index in [4.69, 9.17) is 0 Å². The number of alkyl halides is 3. The Bertz CT molecular complexity index is 447. The van der Waals surface area contributed by atoms with Gasteiger partial charge in [-0.2, -0.15) is 13.2 Å². The lowest BCUT2D eigenvalue weighted by Crippen LogP contribution is -2.54. The van der Waals surface area contributed by atoms with Crippen LogP contribution >= 0.6 is 0 Å². The lowest BCUT2D eigenvalue weighted by atomic mass is 10.0. The van der Waals surface area contributed by atoms with Crippen molar-refractivity contribution in [2.45, 2.75) is 38.7 Å². The number of benzene rings is 1. The number of nitrogens with zero attached hydrogens (tertiary/aromatic N) is 2. The predicted molar refractivity (Wildman–Crippen MR) is 73.4 cm³/mol. The van der Waals surface area contributed by atoms with Gasteiger partial charge in [0.1, 0.15) is 0 Å². The number of piperazine rings is 1. The molecule has 20 heavy (non-hydrogen) atoms. The molecule has 2 unspecified atom stereocenters. The summed E-state index contributed by atoms with van der Waals surface area (Å²) in [5.41, 5.74) is -0.150. The molecule has 1 aromatic rings. The van der Waals surface area contributed by atoms with Crippen molar-refractivity contribution in [3.05, 3.63) is 35.4 Å². The van der Waals surface area contributed by atoms with E-state index in [1.54, 1.807) is 12.1 Å². The monoisotopic (exact) mass is 286 g/mol. The third-order valence-electron chi connectivity index (χ3n) is 4.15. The number of halogens is 3. The predicted octanol–water partition coefficient (Wildman–Crippen LogP) is 3.23. The van der Waals surface area contributed by atoms with Crippen LogP contribution in [0.15, 0.2) is 24.3 Å². The number of rotatable bonds is 2. The first-order valence-corrected chi connectivity index (χ1v) is 6.88. The minimum absolute atomic E-state index is 0.358. The van der Waals surface area contributed by atoms with Crippen molar-refractivity contribution >= 4 is 0 Å². The van der Waals surface area contributed by atoms with Gasteiger partial charge in [-0.05, 0) is 32.5 Å². The molecule has 0 amide bonds. The molecule has 0 bridgehead atoms. The van der Waals surface area contributed by atoms with Crippen molar-refractivity contribution in [2.24, 2.45) is 0 Å². The maximum atomic E-state index is 13.0. The largest absolute Gasteiger partial charge is 0.416 e. The molecule has 0 N–H and O–H groups in total. The molecule has 0 aliphatic carbocycles. The molecule has 2 rings (SSSR count). The Hall–Kier alpha value is -1.07. The summed E-state index contributed by atoms with van der Waals surface area (Å²) >= 11 is 0.